The van der Waals surface area contributed by atoms with E-state index >= 15 is 0 Å². The fraction of sp³-hybridized carbons (Fsp3) is 0.623. The third-order valence-electron chi connectivity index (χ3n) is 14.0. The van der Waals surface area contributed by atoms with Crippen LogP contribution in [0.25, 0.3) is 0 Å². The molecule has 6 heteroatoms. The summed E-state index contributed by atoms with van der Waals surface area (Å²) in [5.41, 5.74) is 0. The number of carbonyl (C=O) groups excluding carboxylic acids is 3. The Morgan fingerprint density at radius 3 is 0.747 bits per heavy atom. The van der Waals surface area contributed by atoms with E-state index in [4.69, 9.17) is 14.2 Å². The molecule has 0 radical (unpaired) electrons. The first-order chi connectivity index (χ1) is 41.0. The molecule has 1 atom stereocenters. The molecule has 1 unspecified atom stereocenters. The molecular weight excluding hydrogens is 1020 g/mol. The minimum Gasteiger partial charge on any atom is -0.462 e. The predicted octanol–water partition coefficient (Wildman–Crippen LogP) is 23.7. The van der Waals surface area contributed by atoms with Crippen LogP contribution in [0.3, 0.4) is 0 Å². The molecular formula is C77H124O6. The van der Waals surface area contributed by atoms with Gasteiger partial charge in [0.15, 0.2) is 6.10 Å². The molecule has 0 aliphatic carbocycles. The number of esters is 3. The van der Waals surface area contributed by atoms with Crippen molar-refractivity contribution in [3.8, 4) is 0 Å². The third kappa shape index (κ3) is 67.7. The molecule has 0 aliphatic rings. The van der Waals surface area contributed by atoms with E-state index in [0.29, 0.717) is 12.8 Å². The molecule has 468 valence electrons. The second-order valence-electron chi connectivity index (χ2n) is 22.0. The first-order valence-electron chi connectivity index (χ1n) is 34.0. The Kier molecular flexibility index (Phi) is 65.4. The van der Waals surface area contributed by atoms with Crippen molar-refractivity contribution >= 4 is 17.9 Å². The minimum absolute atomic E-state index is 0.103. The largest absolute Gasteiger partial charge is 0.462 e. The van der Waals surface area contributed by atoms with Gasteiger partial charge in [-0.3, -0.25) is 14.4 Å². The maximum atomic E-state index is 13.0. The molecule has 0 aliphatic heterocycles. The van der Waals surface area contributed by atoms with E-state index in [1.807, 2.05) is 0 Å². The summed E-state index contributed by atoms with van der Waals surface area (Å²) in [5, 5.41) is 0. The van der Waals surface area contributed by atoms with Crippen LogP contribution in [-0.2, 0) is 28.6 Å². The first-order valence-corrected chi connectivity index (χ1v) is 34.0. The van der Waals surface area contributed by atoms with Crippen LogP contribution in [0.2, 0.25) is 0 Å². The lowest BCUT2D eigenvalue weighted by Gasteiger charge is -2.18. The zero-order valence-electron chi connectivity index (χ0n) is 53.7. The van der Waals surface area contributed by atoms with Crippen molar-refractivity contribution < 1.29 is 28.6 Å². The molecule has 6 nitrogen and oxygen atoms in total. The lowest BCUT2D eigenvalue weighted by Crippen LogP contribution is -2.30. The fourth-order valence-corrected chi connectivity index (χ4v) is 9.01. The average Bonchev–Trinajstić information content (AvgIpc) is 3.49. The van der Waals surface area contributed by atoms with Crippen molar-refractivity contribution in [2.45, 2.75) is 297 Å². The van der Waals surface area contributed by atoms with Crippen LogP contribution >= 0.6 is 0 Å². The standard InChI is InChI=1S/C77H124O6/c1-4-7-10-13-16-19-22-25-28-31-33-35-37-38-40-41-43-46-49-52-55-58-61-64-67-70-76(79)82-73-74(72-81-75(78)69-66-63-60-57-54-51-48-45-30-27-24-21-18-15-12-9-6-3)83-77(80)71-68-65-62-59-56-53-50-47-44-42-39-36-34-32-29-26-23-20-17-14-11-8-5-2/h7-8,10-11,16-17,19-20,25-26,28-29,33-36,38,40,42-44,46,50,52-53,55,74H,4-6,9,12-15,18,21-24,27,30-32,37,39,41,45,47-49,51,54,56-73H2,1-3H3/b10-7-,11-8-,19-16-,20-17-,28-25-,29-26-,35-33-,36-34-,40-38-,44-42-,46-43-,53-50-,55-52-. The molecule has 0 N–H and O–H groups in total. The van der Waals surface area contributed by atoms with Gasteiger partial charge in [0.1, 0.15) is 13.2 Å². The number of allylic oxidation sites excluding steroid dienone is 26. The van der Waals surface area contributed by atoms with Gasteiger partial charge in [0.25, 0.3) is 0 Å². The van der Waals surface area contributed by atoms with E-state index in [1.54, 1.807) is 0 Å². The molecule has 0 aromatic carbocycles. The maximum Gasteiger partial charge on any atom is 0.306 e. The number of ether oxygens (including phenoxy) is 3. The van der Waals surface area contributed by atoms with Gasteiger partial charge in [-0.15, -0.1) is 0 Å². The molecule has 0 spiro atoms. The van der Waals surface area contributed by atoms with Gasteiger partial charge in [0, 0.05) is 19.3 Å². The van der Waals surface area contributed by atoms with Gasteiger partial charge in [-0.05, 0) is 128 Å². The normalized spacial score (nSPS) is 13.1. The van der Waals surface area contributed by atoms with Crippen molar-refractivity contribution in [1.29, 1.82) is 0 Å². The van der Waals surface area contributed by atoms with Gasteiger partial charge in [0.05, 0.1) is 0 Å². The fourth-order valence-electron chi connectivity index (χ4n) is 9.01. The second kappa shape index (κ2) is 69.5. The number of carbonyl (C=O) groups is 3. The van der Waals surface area contributed by atoms with Crippen LogP contribution in [0.15, 0.2) is 158 Å². The van der Waals surface area contributed by atoms with Gasteiger partial charge in [-0.25, -0.2) is 0 Å². The summed E-state index contributed by atoms with van der Waals surface area (Å²) >= 11 is 0. The Hall–Kier alpha value is -4.97. The van der Waals surface area contributed by atoms with Crippen molar-refractivity contribution in [2.75, 3.05) is 13.2 Å². The van der Waals surface area contributed by atoms with Crippen LogP contribution in [0, 0.1) is 0 Å². The number of hydrogen-bond donors (Lipinski definition) is 0. The monoisotopic (exact) mass is 1140 g/mol. The van der Waals surface area contributed by atoms with E-state index in [1.165, 1.54) is 89.9 Å². The lowest BCUT2D eigenvalue weighted by molar-refractivity contribution is -0.167. The van der Waals surface area contributed by atoms with Crippen LogP contribution in [-0.4, -0.2) is 37.2 Å². The number of hydrogen-bond acceptors (Lipinski definition) is 6. The van der Waals surface area contributed by atoms with Crippen molar-refractivity contribution in [3.05, 3.63) is 158 Å². The number of rotatable bonds is 60. The van der Waals surface area contributed by atoms with E-state index in [0.717, 1.165) is 161 Å². The molecule has 0 bridgehead atoms. The Balaban J connectivity index is 4.53. The summed E-state index contributed by atoms with van der Waals surface area (Å²) in [5.74, 6) is -0.960. The predicted molar refractivity (Wildman–Crippen MR) is 362 cm³/mol. The Bertz CT molecular complexity index is 1840. The third-order valence-corrected chi connectivity index (χ3v) is 14.0. The van der Waals surface area contributed by atoms with Gasteiger partial charge >= 0.3 is 17.9 Å². The maximum absolute atomic E-state index is 13.0. The van der Waals surface area contributed by atoms with Crippen molar-refractivity contribution in [2.24, 2.45) is 0 Å². The SMILES string of the molecule is CC/C=C\C/C=C\C/C=C\C/C=C\C/C=C\C/C=C\C/C=C\CCCCCC(=O)OCC(COC(=O)CCCCCCCCCCCCCCCCCCC)OC(=O)CCCCCC/C=C\C/C=C\C/C=C\C/C=C\C/C=C\C/C=C\CC. The molecule has 0 amide bonds. The van der Waals surface area contributed by atoms with E-state index < -0.39 is 6.10 Å². The Morgan fingerprint density at radius 2 is 0.470 bits per heavy atom. The zero-order valence-corrected chi connectivity index (χ0v) is 53.7. The smallest absolute Gasteiger partial charge is 0.306 e. The average molecular weight is 1150 g/mol. The highest BCUT2D eigenvalue weighted by molar-refractivity contribution is 5.71. The van der Waals surface area contributed by atoms with Crippen LogP contribution < -0.4 is 0 Å². The van der Waals surface area contributed by atoms with E-state index in [2.05, 4.69) is 179 Å². The highest BCUT2D eigenvalue weighted by Gasteiger charge is 2.19. The van der Waals surface area contributed by atoms with Crippen LogP contribution in [0.1, 0.15) is 290 Å². The van der Waals surface area contributed by atoms with Crippen LogP contribution in [0.4, 0.5) is 0 Å². The molecule has 0 fully saturated rings. The molecule has 83 heavy (non-hydrogen) atoms. The van der Waals surface area contributed by atoms with Crippen molar-refractivity contribution in [3.63, 3.8) is 0 Å². The van der Waals surface area contributed by atoms with E-state index in [-0.39, 0.29) is 37.5 Å². The van der Waals surface area contributed by atoms with Gasteiger partial charge in [-0.1, -0.05) is 301 Å². The topological polar surface area (TPSA) is 78.9 Å². The minimum atomic E-state index is -0.814. The molecule has 0 aromatic rings. The lowest BCUT2D eigenvalue weighted by atomic mass is 10.0. The highest BCUT2D eigenvalue weighted by Crippen LogP contribution is 2.16. The first kappa shape index (κ1) is 78.0. The number of unbranched alkanes of at least 4 members (excludes halogenated alkanes) is 23. The summed E-state index contributed by atoms with van der Waals surface area (Å²) in [6.45, 7) is 6.38. The zero-order chi connectivity index (χ0) is 59.9. The van der Waals surface area contributed by atoms with Gasteiger partial charge in [0.2, 0.25) is 0 Å². The van der Waals surface area contributed by atoms with Crippen LogP contribution in [0.5, 0.6) is 0 Å². The van der Waals surface area contributed by atoms with Crippen molar-refractivity contribution in [1.82, 2.24) is 0 Å². The summed E-state index contributed by atoms with van der Waals surface area (Å²) < 4.78 is 16.9. The summed E-state index contributed by atoms with van der Waals surface area (Å²) in [7, 11) is 0. The molecule has 0 heterocycles. The summed E-state index contributed by atoms with van der Waals surface area (Å²) in [6.07, 6.45) is 101. The molecule has 0 saturated carbocycles. The molecule has 0 rings (SSSR count). The van der Waals surface area contributed by atoms with Gasteiger partial charge in [-0.2, -0.15) is 0 Å². The summed E-state index contributed by atoms with van der Waals surface area (Å²) in [6, 6.07) is 0. The van der Waals surface area contributed by atoms with Gasteiger partial charge < -0.3 is 14.2 Å². The molecule has 0 aromatic heterocycles. The summed E-state index contributed by atoms with van der Waals surface area (Å²) in [4.78, 5) is 38.4. The highest BCUT2D eigenvalue weighted by atomic mass is 16.6. The second-order valence-corrected chi connectivity index (χ2v) is 22.0. The molecule has 0 saturated heterocycles. The quantitative estimate of drug-likeness (QED) is 0.0261. The Morgan fingerprint density at radius 1 is 0.253 bits per heavy atom. The van der Waals surface area contributed by atoms with E-state index in [9.17, 15) is 14.4 Å². The Labute approximate surface area is 511 Å².